The fraction of sp³-hybridized carbons (Fsp3) is 0.500. The van der Waals surface area contributed by atoms with Crippen LogP contribution in [0.3, 0.4) is 0 Å². The lowest BCUT2D eigenvalue weighted by Gasteiger charge is -2.08. The van der Waals surface area contributed by atoms with Crippen molar-refractivity contribution in [1.82, 2.24) is 10.5 Å². The molecule has 1 N–H and O–H groups in total. The van der Waals surface area contributed by atoms with E-state index in [-0.39, 0.29) is 0 Å². The minimum absolute atomic E-state index is 0.867. The smallest absolute Gasteiger partial charge is 0.127 e. The lowest BCUT2D eigenvalue weighted by molar-refractivity contribution is 0.410. The van der Waals surface area contributed by atoms with Gasteiger partial charge in [-0.2, -0.15) is 0 Å². The monoisotopic (exact) mass is 124 g/mol. The van der Waals surface area contributed by atoms with Crippen molar-refractivity contribution in [3.8, 4) is 0 Å². The Balaban J connectivity index is 2.39. The zero-order chi connectivity index (χ0) is 6.10. The average Bonchev–Trinajstić information content (AvgIpc) is 2.33. The summed E-state index contributed by atoms with van der Waals surface area (Å²) < 4.78 is 4.78. The molecule has 2 heterocycles. The third kappa shape index (κ3) is 0.733. The summed E-state index contributed by atoms with van der Waals surface area (Å²) >= 11 is 0. The Labute approximate surface area is 53.0 Å². The van der Waals surface area contributed by atoms with Crippen molar-refractivity contribution in [3.63, 3.8) is 0 Å². The van der Waals surface area contributed by atoms with E-state index in [1.807, 2.05) is 0 Å². The molecule has 0 aliphatic carbocycles. The van der Waals surface area contributed by atoms with E-state index in [1.54, 1.807) is 6.26 Å². The predicted molar refractivity (Wildman–Crippen MR) is 31.9 cm³/mol. The maximum atomic E-state index is 4.78. The Morgan fingerprint density at radius 3 is 3.56 bits per heavy atom. The maximum Gasteiger partial charge on any atom is 0.127 e. The molecule has 0 unspecified atom stereocenters. The normalized spacial score (nSPS) is 17.3. The highest BCUT2D eigenvalue weighted by Crippen LogP contribution is 2.09. The number of fused-ring (bicyclic) bond motifs is 1. The SMILES string of the molecule is c1onc2c1CCNC2. The minimum atomic E-state index is 0.867. The van der Waals surface area contributed by atoms with Crippen LogP contribution in [0.5, 0.6) is 0 Å². The van der Waals surface area contributed by atoms with Crippen LogP contribution in [-0.2, 0) is 13.0 Å². The Kier molecular flexibility index (Phi) is 1.02. The average molecular weight is 124 g/mol. The fourth-order valence-electron chi connectivity index (χ4n) is 1.06. The molecular weight excluding hydrogens is 116 g/mol. The van der Waals surface area contributed by atoms with Crippen molar-refractivity contribution in [1.29, 1.82) is 0 Å². The molecule has 0 radical (unpaired) electrons. The summed E-state index contributed by atoms with van der Waals surface area (Å²) in [7, 11) is 0. The van der Waals surface area contributed by atoms with Crippen LogP contribution in [0.2, 0.25) is 0 Å². The van der Waals surface area contributed by atoms with Crippen LogP contribution in [0.25, 0.3) is 0 Å². The molecule has 1 aromatic heterocycles. The third-order valence-electron chi connectivity index (χ3n) is 1.59. The van der Waals surface area contributed by atoms with Gasteiger partial charge in [-0.3, -0.25) is 0 Å². The highest BCUT2D eigenvalue weighted by Gasteiger charge is 2.10. The highest BCUT2D eigenvalue weighted by molar-refractivity contribution is 5.16. The number of rotatable bonds is 0. The van der Waals surface area contributed by atoms with Gasteiger partial charge in [0.15, 0.2) is 0 Å². The van der Waals surface area contributed by atoms with Gasteiger partial charge >= 0.3 is 0 Å². The summed E-state index contributed by atoms with van der Waals surface area (Å²) in [5.41, 5.74) is 2.33. The maximum absolute atomic E-state index is 4.78. The molecule has 0 bridgehead atoms. The Morgan fingerprint density at radius 2 is 2.67 bits per heavy atom. The largest absolute Gasteiger partial charge is 0.364 e. The first kappa shape index (κ1) is 4.99. The number of nitrogens with zero attached hydrogens (tertiary/aromatic N) is 1. The molecule has 48 valence electrons. The number of nitrogens with one attached hydrogen (secondary N) is 1. The van der Waals surface area contributed by atoms with Gasteiger partial charge in [0, 0.05) is 12.1 Å². The van der Waals surface area contributed by atoms with Gasteiger partial charge in [0.05, 0.1) is 0 Å². The predicted octanol–water partition coefficient (Wildman–Crippen LogP) is 0.320. The Bertz CT molecular complexity index is 186. The molecular formula is C6H8N2O. The summed E-state index contributed by atoms with van der Waals surface area (Å²) in [6.07, 6.45) is 2.79. The lowest BCUT2D eigenvalue weighted by atomic mass is 10.1. The van der Waals surface area contributed by atoms with Crippen molar-refractivity contribution < 1.29 is 4.52 Å². The van der Waals surface area contributed by atoms with E-state index in [1.165, 1.54) is 5.56 Å². The quantitative estimate of drug-likeness (QED) is 0.541. The van der Waals surface area contributed by atoms with E-state index < -0.39 is 0 Å². The molecule has 1 aromatic rings. The van der Waals surface area contributed by atoms with E-state index in [2.05, 4.69) is 10.5 Å². The van der Waals surface area contributed by atoms with Crippen molar-refractivity contribution in [2.24, 2.45) is 0 Å². The fourth-order valence-corrected chi connectivity index (χ4v) is 1.06. The lowest BCUT2D eigenvalue weighted by Crippen LogP contribution is -2.22. The molecule has 0 spiro atoms. The van der Waals surface area contributed by atoms with Gasteiger partial charge in [-0.15, -0.1) is 0 Å². The molecule has 1 aliphatic rings. The second kappa shape index (κ2) is 1.84. The van der Waals surface area contributed by atoms with Gasteiger partial charge in [-0.05, 0) is 13.0 Å². The number of hydrogen-bond donors (Lipinski definition) is 1. The second-order valence-electron chi connectivity index (χ2n) is 2.21. The van der Waals surface area contributed by atoms with Crippen LogP contribution < -0.4 is 5.32 Å². The molecule has 2 rings (SSSR count). The minimum Gasteiger partial charge on any atom is -0.364 e. The van der Waals surface area contributed by atoms with Gasteiger partial charge in [0.1, 0.15) is 12.0 Å². The number of hydrogen-bond acceptors (Lipinski definition) is 3. The topological polar surface area (TPSA) is 38.1 Å². The first-order valence-corrected chi connectivity index (χ1v) is 3.09. The van der Waals surface area contributed by atoms with Gasteiger partial charge in [-0.1, -0.05) is 5.16 Å². The summed E-state index contributed by atoms with van der Waals surface area (Å²) in [4.78, 5) is 0. The summed E-state index contributed by atoms with van der Waals surface area (Å²) in [5, 5.41) is 7.02. The molecule has 0 amide bonds. The van der Waals surface area contributed by atoms with E-state index in [4.69, 9.17) is 4.52 Å². The third-order valence-corrected chi connectivity index (χ3v) is 1.59. The molecule has 3 heteroatoms. The van der Waals surface area contributed by atoms with Crippen molar-refractivity contribution in [3.05, 3.63) is 17.5 Å². The molecule has 0 atom stereocenters. The van der Waals surface area contributed by atoms with Gasteiger partial charge in [0.2, 0.25) is 0 Å². The van der Waals surface area contributed by atoms with Crippen LogP contribution in [0.4, 0.5) is 0 Å². The van der Waals surface area contributed by atoms with E-state index in [0.717, 1.165) is 25.2 Å². The molecule has 3 nitrogen and oxygen atoms in total. The van der Waals surface area contributed by atoms with Gasteiger partial charge in [-0.25, -0.2) is 0 Å². The molecule has 1 aliphatic heterocycles. The van der Waals surface area contributed by atoms with Crippen LogP contribution in [0, 0.1) is 0 Å². The first-order valence-electron chi connectivity index (χ1n) is 3.09. The van der Waals surface area contributed by atoms with Crippen LogP contribution in [0.1, 0.15) is 11.3 Å². The van der Waals surface area contributed by atoms with Crippen molar-refractivity contribution >= 4 is 0 Å². The summed E-state index contributed by atoms with van der Waals surface area (Å²) in [6, 6.07) is 0. The summed E-state index contributed by atoms with van der Waals surface area (Å²) in [6.45, 7) is 1.92. The van der Waals surface area contributed by atoms with E-state index in [9.17, 15) is 0 Å². The Hall–Kier alpha value is -0.830. The van der Waals surface area contributed by atoms with Crippen molar-refractivity contribution in [2.75, 3.05) is 6.54 Å². The molecule has 9 heavy (non-hydrogen) atoms. The molecule has 0 aromatic carbocycles. The first-order chi connectivity index (χ1) is 4.47. The van der Waals surface area contributed by atoms with Gasteiger partial charge < -0.3 is 9.84 Å². The standard InChI is InChI=1S/C6H8N2O/c1-2-7-3-6-5(1)4-9-8-6/h4,7H,1-3H2. The van der Waals surface area contributed by atoms with Crippen LogP contribution >= 0.6 is 0 Å². The zero-order valence-electron chi connectivity index (χ0n) is 5.05. The second-order valence-corrected chi connectivity index (χ2v) is 2.21. The summed E-state index contributed by atoms with van der Waals surface area (Å²) in [5.74, 6) is 0. The van der Waals surface area contributed by atoms with E-state index >= 15 is 0 Å². The molecule has 0 saturated heterocycles. The van der Waals surface area contributed by atoms with Crippen molar-refractivity contribution in [2.45, 2.75) is 13.0 Å². The zero-order valence-corrected chi connectivity index (χ0v) is 5.05. The Morgan fingerprint density at radius 1 is 1.67 bits per heavy atom. The molecule has 0 fully saturated rings. The number of aromatic nitrogens is 1. The van der Waals surface area contributed by atoms with Crippen LogP contribution in [0.15, 0.2) is 10.8 Å². The molecule has 0 saturated carbocycles. The van der Waals surface area contributed by atoms with Crippen LogP contribution in [-0.4, -0.2) is 11.7 Å². The highest BCUT2D eigenvalue weighted by atomic mass is 16.5. The van der Waals surface area contributed by atoms with E-state index in [0.29, 0.717) is 0 Å². The van der Waals surface area contributed by atoms with Gasteiger partial charge in [0.25, 0.3) is 0 Å².